The SMILES string of the molecule is C[N+]1=C=[N+](c2cccc([Si](C)(C)c3ccc4c(c3)c3ccccc3n4-c3ccccn3)c2)C=C1. The van der Waals surface area contributed by atoms with Crippen LogP contribution in [0.1, 0.15) is 0 Å². The monoisotopic (exact) mass is 458 g/mol. The molecule has 0 atom stereocenters. The van der Waals surface area contributed by atoms with Gasteiger partial charge in [-0.15, -0.1) is 0 Å². The topological polar surface area (TPSA) is 23.8 Å². The van der Waals surface area contributed by atoms with E-state index in [1.807, 2.05) is 42.4 Å². The molecular formula is C29H26N4Si+2. The Morgan fingerprint density at radius 3 is 2.35 bits per heavy atom. The smallest absolute Gasteiger partial charge is 0.294 e. The fraction of sp³-hybridized carbons (Fsp3) is 0.103. The molecule has 0 unspecified atom stereocenters. The lowest BCUT2D eigenvalue weighted by molar-refractivity contribution is -0.429. The maximum atomic E-state index is 4.65. The van der Waals surface area contributed by atoms with Gasteiger partial charge in [0.2, 0.25) is 11.9 Å². The molecule has 3 aromatic carbocycles. The highest BCUT2D eigenvalue weighted by Gasteiger charge is 2.29. The van der Waals surface area contributed by atoms with Crippen molar-refractivity contribution in [1.29, 1.82) is 0 Å². The van der Waals surface area contributed by atoms with Gasteiger partial charge in [0.15, 0.2) is 7.05 Å². The molecule has 0 aliphatic carbocycles. The molecule has 1 aliphatic heterocycles. The Morgan fingerprint density at radius 2 is 1.56 bits per heavy atom. The number of rotatable bonds is 4. The molecule has 34 heavy (non-hydrogen) atoms. The van der Waals surface area contributed by atoms with E-state index in [0.29, 0.717) is 0 Å². The lowest BCUT2D eigenvalue weighted by Crippen LogP contribution is -2.52. The summed E-state index contributed by atoms with van der Waals surface area (Å²) in [6.07, 6.45) is 5.92. The summed E-state index contributed by atoms with van der Waals surface area (Å²) >= 11 is 0. The van der Waals surface area contributed by atoms with Crippen LogP contribution in [0, 0.1) is 0 Å². The zero-order valence-corrected chi connectivity index (χ0v) is 20.6. The number of hydrogen-bond acceptors (Lipinski definition) is 1. The molecule has 1 aliphatic rings. The van der Waals surface area contributed by atoms with Crippen molar-refractivity contribution in [2.24, 2.45) is 0 Å². The predicted molar refractivity (Wildman–Crippen MR) is 142 cm³/mol. The van der Waals surface area contributed by atoms with E-state index in [-0.39, 0.29) is 0 Å². The summed E-state index contributed by atoms with van der Waals surface area (Å²) in [4.78, 5) is 4.65. The number of para-hydroxylation sites is 1. The first-order chi connectivity index (χ1) is 16.5. The van der Waals surface area contributed by atoms with Crippen LogP contribution in [0.25, 0.3) is 27.6 Å². The number of hydrogen-bond donors (Lipinski definition) is 0. The molecule has 5 heteroatoms. The number of fused-ring (bicyclic) bond motifs is 3. The molecular weight excluding hydrogens is 432 g/mol. The largest absolute Gasteiger partial charge is 0.495 e. The van der Waals surface area contributed by atoms with E-state index in [0.717, 1.165) is 11.5 Å². The number of aromatic nitrogens is 2. The molecule has 0 fully saturated rings. The lowest BCUT2D eigenvalue weighted by Gasteiger charge is -2.24. The van der Waals surface area contributed by atoms with E-state index < -0.39 is 8.07 Å². The zero-order valence-electron chi connectivity index (χ0n) is 19.6. The van der Waals surface area contributed by atoms with Crippen LogP contribution in [-0.4, -0.2) is 39.8 Å². The third-order valence-corrected chi connectivity index (χ3v) is 10.3. The average Bonchev–Trinajstić information content (AvgIpc) is 3.45. The van der Waals surface area contributed by atoms with Crippen LogP contribution in [0.3, 0.4) is 0 Å². The summed E-state index contributed by atoms with van der Waals surface area (Å²) in [6, 6.07) is 33.9. The van der Waals surface area contributed by atoms with Gasteiger partial charge in [0.25, 0.3) is 6.20 Å². The summed E-state index contributed by atoms with van der Waals surface area (Å²) < 4.78 is 6.27. The summed E-state index contributed by atoms with van der Waals surface area (Å²) in [5.41, 5.74) is 3.52. The van der Waals surface area contributed by atoms with Crippen LogP contribution in [-0.2, 0) is 0 Å². The van der Waals surface area contributed by atoms with Crippen molar-refractivity contribution in [1.82, 2.24) is 9.55 Å². The van der Waals surface area contributed by atoms with Gasteiger partial charge in [0.05, 0.1) is 11.0 Å². The minimum absolute atomic E-state index is 0.946. The molecule has 0 bridgehead atoms. The highest BCUT2D eigenvalue weighted by molar-refractivity contribution is 7.00. The molecule has 6 rings (SSSR count). The second-order valence-corrected chi connectivity index (χ2v) is 13.7. The van der Waals surface area contributed by atoms with E-state index >= 15 is 0 Å². The molecule has 0 radical (unpaired) electrons. The fourth-order valence-corrected chi connectivity index (χ4v) is 7.21. The summed E-state index contributed by atoms with van der Waals surface area (Å²) in [5.74, 6) is 0.946. The molecule has 5 aromatic rings. The third-order valence-electron chi connectivity index (χ3n) is 6.82. The molecule has 164 valence electrons. The fourth-order valence-electron chi connectivity index (χ4n) is 4.85. The second-order valence-electron chi connectivity index (χ2n) is 9.33. The van der Waals surface area contributed by atoms with Crippen molar-refractivity contribution in [3.8, 4) is 5.82 Å². The van der Waals surface area contributed by atoms with E-state index in [1.165, 1.54) is 32.2 Å². The van der Waals surface area contributed by atoms with Crippen molar-refractivity contribution in [2.75, 3.05) is 7.05 Å². The number of benzene rings is 3. The van der Waals surface area contributed by atoms with E-state index in [4.69, 9.17) is 0 Å². The Balaban J connectivity index is 1.52. The van der Waals surface area contributed by atoms with Crippen molar-refractivity contribution in [2.45, 2.75) is 13.1 Å². The molecule has 0 spiro atoms. The molecule has 4 nitrogen and oxygen atoms in total. The van der Waals surface area contributed by atoms with Gasteiger partial charge in [-0.1, -0.05) is 76.0 Å². The summed E-state index contributed by atoms with van der Waals surface area (Å²) in [7, 11) is 0.0492. The molecule has 2 aromatic heterocycles. The molecule has 3 heterocycles. The summed E-state index contributed by atoms with van der Waals surface area (Å²) in [5, 5.41) is 5.37. The van der Waals surface area contributed by atoms with Gasteiger partial charge in [-0.3, -0.25) is 4.57 Å². The van der Waals surface area contributed by atoms with Crippen LogP contribution in [0.15, 0.2) is 104 Å². The van der Waals surface area contributed by atoms with Crippen molar-refractivity contribution < 1.29 is 9.15 Å². The maximum Gasteiger partial charge on any atom is 0.495 e. The Kier molecular flexibility index (Phi) is 4.69. The Morgan fingerprint density at radius 1 is 0.765 bits per heavy atom. The minimum Gasteiger partial charge on any atom is -0.294 e. The molecule has 0 N–H and O–H groups in total. The van der Waals surface area contributed by atoms with Gasteiger partial charge in [-0.25, -0.2) is 4.98 Å². The highest BCUT2D eigenvalue weighted by Crippen LogP contribution is 2.31. The average molecular weight is 459 g/mol. The second kappa shape index (κ2) is 7.77. The quantitative estimate of drug-likeness (QED) is 0.276. The van der Waals surface area contributed by atoms with Gasteiger partial charge in [0, 0.05) is 29.1 Å². The molecule has 0 amide bonds. The highest BCUT2D eigenvalue weighted by atomic mass is 28.3. The van der Waals surface area contributed by atoms with Gasteiger partial charge in [-0.2, -0.15) is 0 Å². The first kappa shape index (κ1) is 20.5. The van der Waals surface area contributed by atoms with Gasteiger partial charge < -0.3 is 0 Å². The van der Waals surface area contributed by atoms with Crippen LogP contribution in [0.5, 0.6) is 0 Å². The van der Waals surface area contributed by atoms with Crippen molar-refractivity contribution >= 4 is 51.9 Å². The Hall–Kier alpha value is -4.05. The van der Waals surface area contributed by atoms with Crippen LogP contribution >= 0.6 is 0 Å². The van der Waals surface area contributed by atoms with Gasteiger partial charge >= 0.3 is 6.01 Å². The third kappa shape index (κ3) is 3.26. The predicted octanol–water partition coefficient (Wildman–Crippen LogP) is 4.95. The van der Waals surface area contributed by atoms with Crippen molar-refractivity contribution in [3.63, 3.8) is 0 Å². The number of pyridine rings is 1. The maximum absolute atomic E-state index is 4.65. The minimum atomic E-state index is -1.95. The lowest BCUT2D eigenvalue weighted by atomic mass is 10.1. The first-order valence-corrected chi connectivity index (χ1v) is 14.5. The Labute approximate surface area is 200 Å². The van der Waals surface area contributed by atoms with E-state index in [9.17, 15) is 0 Å². The zero-order chi connectivity index (χ0) is 23.3. The van der Waals surface area contributed by atoms with Crippen LogP contribution < -0.4 is 10.4 Å². The standard InChI is InChI=1S/C29H26N4Si/c1-31-17-18-32(21-31)22-9-8-10-23(19-22)34(2,3)24-14-15-28-26(20-24)25-11-4-5-12-27(25)33(28)29-13-6-7-16-30-29/h4-20H,1-3H3/q+2. The molecule has 0 saturated carbocycles. The number of nitrogens with zero attached hydrogens (tertiary/aromatic N) is 4. The van der Waals surface area contributed by atoms with Crippen LogP contribution in [0.4, 0.5) is 5.69 Å². The Bertz CT molecular complexity index is 1670. The molecule has 0 saturated heterocycles. The van der Waals surface area contributed by atoms with Crippen LogP contribution in [0.2, 0.25) is 13.1 Å². The van der Waals surface area contributed by atoms with E-state index in [1.54, 1.807) is 0 Å². The first-order valence-electron chi connectivity index (χ1n) is 11.5. The van der Waals surface area contributed by atoms with Crippen molar-refractivity contribution in [3.05, 3.63) is 104 Å². The summed E-state index contributed by atoms with van der Waals surface area (Å²) in [6.45, 7) is 4.87. The normalized spacial score (nSPS) is 13.5. The van der Waals surface area contributed by atoms with E-state index in [2.05, 4.69) is 106 Å². The van der Waals surface area contributed by atoms with Gasteiger partial charge in [0.1, 0.15) is 13.9 Å². The van der Waals surface area contributed by atoms with Gasteiger partial charge in [-0.05, 0) is 29.5 Å².